The molecule has 0 saturated carbocycles. The van der Waals surface area contributed by atoms with E-state index in [1.165, 1.54) is 11.1 Å². The lowest BCUT2D eigenvalue weighted by Gasteiger charge is -2.10. The summed E-state index contributed by atoms with van der Waals surface area (Å²) in [6, 6.07) is 15.3. The van der Waals surface area contributed by atoms with E-state index >= 15 is 0 Å². The molecule has 5 nitrogen and oxygen atoms in total. The Kier molecular flexibility index (Phi) is 4.27. The van der Waals surface area contributed by atoms with Crippen LogP contribution in [0.4, 0.5) is 0 Å². The van der Waals surface area contributed by atoms with Crippen LogP contribution in [0.25, 0.3) is 22.6 Å². The van der Waals surface area contributed by atoms with Crippen molar-refractivity contribution >= 4 is 0 Å². The largest absolute Gasteiger partial charge is 0.507 e. The van der Waals surface area contributed by atoms with Crippen LogP contribution in [0.1, 0.15) is 18.1 Å². The first-order valence-corrected chi connectivity index (χ1v) is 8.57. The summed E-state index contributed by atoms with van der Waals surface area (Å²) in [5.41, 5.74) is 4.78. The van der Waals surface area contributed by atoms with Crippen molar-refractivity contribution < 1.29 is 9.63 Å². The van der Waals surface area contributed by atoms with Gasteiger partial charge in [0.2, 0.25) is 0 Å². The lowest BCUT2D eigenvalue weighted by molar-refractivity contribution is 0.433. The molecule has 4 aromatic rings. The third-order valence-electron chi connectivity index (χ3n) is 4.47. The Bertz CT molecular complexity index is 1020. The molecule has 0 aliphatic carbocycles. The number of phenolic OH excluding ortho intramolecular Hbond substituents is 1. The standard InChI is InChI=1S/C21H19N3O2/c1-2-15-11-16(7-8-17(15)13-24-10-9-22-14-24)21-12-19(23-26-21)18-5-3-4-6-20(18)25/h3-12,14,25H,2,13H2,1H3. The van der Waals surface area contributed by atoms with E-state index in [1.54, 1.807) is 18.3 Å². The average molecular weight is 345 g/mol. The molecule has 0 saturated heterocycles. The van der Waals surface area contributed by atoms with Crippen LogP contribution in [-0.4, -0.2) is 19.8 Å². The molecule has 2 aromatic carbocycles. The number of benzene rings is 2. The molecular formula is C21H19N3O2. The molecule has 0 fully saturated rings. The predicted molar refractivity (Wildman–Crippen MR) is 99.7 cm³/mol. The topological polar surface area (TPSA) is 64.1 Å². The van der Waals surface area contributed by atoms with Gasteiger partial charge in [-0.25, -0.2) is 4.98 Å². The van der Waals surface area contributed by atoms with Crippen LogP contribution in [0.2, 0.25) is 0 Å². The van der Waals surface area contributed by atoms with Crippen molar-refractivity contribution in [3.63, 3.8) is 0 Å². The van der Waals surface area contributed by atoms with E-state index < -0.39 is 0 Å². The minimum absolute atomic E-state index is 0.192. The highest BCUT2D eigenvalue weighted by molar-refractivity contribution is 5.71. The highest BCUT2D eigenvalue weighted by Gasteiger charge is 2.13. The number of aryl methyl sites for hydroxylation is 1. The van der Waals surface area contributed by atoms with Crippen LogP contribution in [0.5, 0.6) is 5.75 Å². The van der Waals surface area contributed by atoms with Crippen LogP contribution in [0.15, 0.2) is 71.8 Å². The number of nitrogens with zero attached hydrogens (tertiary/aromatic N) is 3. The molecule has 0 aliphatic heterocycles. The minimum Gasteiger partial charge on any atom is -0.507 e. The van der Waals surface area contributed by atoms with Gasteiger partial charge in [-0.05, 0) is 35.7 Å². The molecule has 5 heteroatoms. The Balaban J connectivity index is 1.65. The number of aromatic nitrogens is 3. The molecule has 2 aromatic heterocycles. The van der Waals surface area contributed by atoms with E-state index in [9.17, 15) is 5.11 Å². The molecule has 1 N–H and O–H groups in total. The number of para-hydroxylation sites is 1. The Morgan fingerprint density at radius 2 is 1.96 bits per heavy atom. The van der Waals surface area contributed by atoms with Crippen molar-refractivity contribution in [1.82, 2.24) is 14.7 Å². The highest BCUT2D eigenvalue weighted by atomic mass is 16.5. The second-order valence-electron chi connectivity index (χ2n) is 6.17. The van der Waals surface area contributed by atoms with Crippen molar-refractivity contribution in [3.05, 3.63) is 78.4 Å². The molecule has 26 heavy (non-hydrogen) atoms. The Morgan fingerprint density at radius 1 is 1.08 bits per heavy atom. The number of hydrogen-bond acceptors (Lipinski definition) is 4. The van der Waals surface area contributed by atoms with E-state index in [1.807, 2.05) is 36.8 Å². The summed E-state index contributed by atoms with van der Waals surface area (Å²) in [5.74, 6) is 0.879. The Labute approximate surface area is 151 Å². The number of imidazole rings is 1. The third kappa shape index (κ3) is 3.11. The van der Waals surface area contributed by atoms with Gasteiger partial charge in [-0.15, -0.1) is 0 Å². The van der Waals surface area contributed by atoms with Crippen molar-refractivity contribution in [1.29, 1.82) is 0 Å². The fraction of sp³-hybridized carbons (Fsp3) is 0.143. The van der Waals surface area contributed by atoms with E-state index in [4.69, 9.17) is 4.52 Å². The van der Waals surface area contributed by atoms with Gasteiger partial charge in [0.25, 0.3) is 0 Å². The smallest absolute Gasteiger partial charge is 0.167 e. The number of hydrogen-bond donors (Lipinski definition) is 1. The zero-order valence-electron chi connectivity index (χ0n) is 14.5. The summed E-state index contributed by atoms with van der Waals surface area (Å²) in [7, 11) is 0. The molecule has 4 rings (SSSR count). The summed E-state index contributed by atoms with van der Waals surface area (Å²) >= 11 is 0. The van der Waals surface area contributed by atoms with E-state index in [2.05, 4.69) is 33.8 Å². The van der Waals surface area contributed by atoms with Gasteiger partial charge in [0.1, 0.15) is 11.4 Å². The molecule has 0 atom stereocenters. The lowest BCUT2D eigenvalue weighted by atomic mass is 10.00. The summed E-state index contributed by atoms with van der Waals surface area (Å²) in [6.07, 6.45) is 6.50. The predicted octanol–water partition coefficient (Wildman–Crippen LogP) is 4.52. The quantitative estimate of drug-likeness (QED) is 0.577. The van der Waals surface area contributed by atoms with Gasteiger partial charge in [-0.2, -0.15) is 0 Å². The van der Waals surface area contributed by atoms with E-state index in [0.717, 1.165) is 18.5 Å². The molecule has 0 aliphatic rings. The first-order valence-electron chi connectivity index (χ1n) is 8.57. The monoisotopic (exact) mass is 345 g/mol. The van der Waals surface area contributed by atoms with Crippen LogP contribution in [0.3, 0.4) is 0 Å². The Hall–Kier alpha value is -3.34. The molecule has 2 heterocycles. The maximum Gasteiger partial charge on any atom is 0.167 e. The average Bonchev–Trinajstić information content (AvgIpc) is 3.34. The van der Waals surface area contributed by atoms with Gasteiger partial charge in [-0.3, -0.25) is 0 Å². The van der Waals surface area contributed by atoms with Crippen molar-refractivity contribution in [2.45, 2.75) is 19.9 Å². The maximum absolute atomic E-state index is 10.00. The van der Waals surface area contributed by atoms with Crippen molar-refractivity contribution in [3.8, 4) is 28.3 Å². The van der Waals surface area contributed by atoms with Gasteiger partial charge in [0, 0.05) is 36.1 Å². The number of phenols is 1. The van der Waals surface area contributed by atoms with Gasteiger partial charge in [0.15, 0.2) is 5.76 Å². The zero-order chi connectivity index (χ0) is 17.9. The first kappa shape index (κ1) is 16.1. The second-order valence-corrected chi connectivity index (χ2v) is 6.17. The van der Waals surface area contributed by atoms with Crippen molar-refractivity contribution in [2.24, 2.45) is 0 Å². The summed E-state index contributed by atoms with van der Waals surface area (Å²) in [4.78, 5) is 4.10. The third-order valence-corrected chi connectivity index (χ3v) is 4.47. The molecule has 0 amide bonds. The molecular weight excluding hydrogens is 326 g/mol. The summed E-state index contributed by atoms with van der Waals surface area (Å²) in [6.45, 7) is 2.94. The zero-order valence-corrected chi connectivity index (χ0v) is 14.5. The van der Waals surface area contributed by atoms with Crippen molar-refractivity contribution in [2.75, 3.05) is 0 Å². The summed E-state index contributed by atoms with van der Waals surface area (Å²) in [5, 5.41) is 14.1. The summed E-state index contributed by atoms with van der Waals surface area (Å²) < 4.78 is 7.58. The Morgan fingerprint density at radius 3 is 2.73 bits per heavy atom. The van der Waals surface area contributed by atoms with Crippen LogP contribution in [-0.2, 0) is 13.0 Å². The van der Waals surface area contributed by atoms with Crippen LogP contribution >= 0.6 is 0 Å². The van der Waals surface area contributed by atoms with Gasteiger partial charge in [-0.1, -0.05) is 36.3 Å². The molecule has 0 unspecified atom stereocenters. The first-order chi connectivity index (χ1) is 12.7. The van der Waals surface area contributed by atoms with E-state index in [0.29, 0.717) is 17.0 Å². The van der Waals surface area contributed by atoms with Gasteiger partial charge < -0.3 is 14.2 Å². The highest BCUT2D eigenvalue weighted by Crippen LogP contribution is 2.32. The van der Waals surface area contributed by atoms with E-state index in [-0.39, 0.29) is 5.75 Å². The SMILES string of the molecule is CCc1cc(-c2cc(-c3ccccc3O)no2)ccc1Cn1ccnc1. The maximum atomic E-state index is 10.00. The molecule has 0 bridgehead atoms. The number of rotatable bonds is 5. The second kappa shape index (κ2) is 6.88. The van der Waals surface area contributed by atoms with Gasteiger partial charge in [0.05, 0.1) is 6.33 Å². The van der Waals surface area contributed by atoms with Crippen LogP contribution in [0, 0.1) is 0 Å². The fourth-order valence-corrected chi connectivity index (χ4v) is 3.07. The normalized spacial score (nSPS) is 11.0. The minimum atomic E-state index is 0.192. The van der Waals surface area contributed by atoms with Gasteiger partial charge >= 0.3 is 0 Å². The molecule has 0 spiro atoms. The molecule has 0 radical (unpaired) electrons. The fourth-order valence-electron chi connectivity index (χ4n) is 3.07. The number of aromatic hydroxyl groups is 1. The molecule has 130 valence electrons. The lowest BCUT2D eigenvalue weighted by Crippen LogP contribution is -2.00. The van der Waals surface area contributed by atoms with Crippen LogP contribution < -0.4 is 0 Å².